The number of aliphatic carboxylic acids is 1. The molecule has 0 radical (unpaired) electrons. The molecule has 0 heterocycles. The largest absolute Gasteiger partial charge is 0.481 e. The number of carboxylic acids is 1. The van der Waals surface area contributed by atoms with Gasteiger partial charge in [-0.2, -0.15) is 0 Å². The summed E-state index contributed by atoms with van der Waals surface area (Å²) in [5.74, 6) is -0.806. The van der Waals surface area contributed by atoms with Gasteiger partial charge in [0, 0.05) is 6.54 Å². The number of rotatable bonds is 3. The molecule has 0 aromatic heterocycles. The molecule has 0 unspecified atom stereocenters. The van der Waals surface area contributed by atoms with Crippen molar-refractivity contribution >= 4 is 5.97 Å². The van der Waals surface area contributed by atoms with Gasteiger partial charge in [0.15, 0.2) is 0 Å². The lowest BCUT2D eigenvalue weighted by molar-refractivity contribution is -0.136. The van der Waals surface area contributed by atoms with Gasteiger partial charge in [-0.1, -0.05) is 18.2 Å². The average Bonchev–Trinajstić information content (AvgIpc) is 2.03. The van der Waals surface area contributed by atoms with Crippen molar-refractivity contribution in [3.63, 3.8) is 0 Å². The van der Waals surface area contributed by atoms with Crippen LogP contribution in [0.1, 0.15) is 16.7 Å². The highest BCUT2D eigenvalue weighted by Crippen LogP contribution is 2.10. The highest BCUT2D eigenvalue weighted by Gasteiger charge is 2.02. The first-order valence-corrected chi connectivity index (χ1v) is 4.13. The summed E-state index contributed by atoms with van der Waals surface area (Å²) in [4.78, 5) is 10.4. The molecule has 0 bridgehead atoms. The highest BCUT2D eigenvalue weighted by atomic mass is 16.4. The summed E-state index contributed by atoms with van der Waals surface area (Å²) < 4.78 is 0. The smallest absolute Gasteiger partial charge is 0.307 e. The lowest BCUT2D eigenvalue weighted by Crippen LogP contribution is -2.03. The molecule has 70 valence electrons. The SMILES string of the molecule is Cc1cc(CC(=O)O)ccc1CN. The van der Waals surface area contributed by atoms with Gasteiger partial charge in [-0.15, -0.1) is 0 Å². The molecule has 3 nitrogen and oxygen atoms in total. The molecule has 13 heavy (non-hydrogen) atoms. The lowest BCUT2D eigenvalue weighted by Gasteiger charge is -2.04. The zero-order valence-corrected chi connectivity index (χ0v) is 7.58. The third kappa shape index (κ3) is 2.56. The first-order valence-electron chi connectivity index (χ1n) is 4.13. The second kappa shape index (κ2) is 4.05. The van der Waals surface area contributed by atoms with Crippen LogP contribution in [0.25, 0.3) is 0 Å². The summed E-state index contributed by atoms with van der Waals surface area (Å²) in [6, 6.07) is 5.56. The van der Waals surface area contributed by atoms with Crippen LogP contribution in [0.15, 0.2) is 18.2 Å². The van der Waals surface area contributed by atoms with E-state index in [0.717, 1.165) is 16.7 Å². The van der Waals surface area contributed by atoms with Crippen LogP contribution in [0.5, 0.6) is 0 Å². The lowest BCUT2D eigenvalue weighted by atomic mass is 10.0. The van der Waals surface area contributed by atoms with Crippen LogP contribution in [-0.4, -0.2) is 11.1 Å². The van der Waals surface area contributed by atoms with Crippen molar-refractivity contribution in [1.29, 1.82) is 0 Å². The summed E-state index contributed by atoms with van der Waals surface area (Å²) in [6.45, 7) is 2.44. The van der Waals surface area contributed by atoms with Crippen LogP contribution in [0, 0.1) is 6.92 Å². The number of aryl methyl sites for hydroxylation is 1. The van der Waals surface area contributed by atoms with Crippen molar-refractivity contribution in [1.82, 2.24) is 0 Å². The number of hydrogen-bond acceptors (Lipinski definition) is 2. The minimum atomic E-state index is -0.806. The zero-order chi connectivity index (χ0) is 9.84. The molecule has 0 aliphatic carbocycles. The topological polar surface area (TPSA) is 63.3 Å². The third-order valence-corrected chi connectivity index (χ3v) is 1.98. The number of benzene rings is 1. The van der Waals surface area contributed by atoms with Gasteiger partial charge in [0.05, 0.1) is 6.42 Å². The molecule has 0 aliphatic heterocycles. The van der Waals surface area contributed by atoms with Gasteiger partial charge < -0.3 is 10.8 Å². The van der Waals surface area contributed by atoms with Crippen molar-refractivity contribution in [2.24, 2.45) is 5.73 Å². The minimum absolute atomic E-state index is 0.0751. The molecule has 3 N–H and O–H groups in total. The fourth-order valence-electron chi connectivity index (χ4n) is 1.27. The van der Waals surface area contributed by atoms with Crippen molar-refractivity contribution in [2.45, 2.75) is 19.9 Å². The standard InChI is InChI=1S/C10H13NO2/c1-7-4-8(5-10(12)13)2-3-9(7)6-11/h2-4H,5-6,11H2,1H3,(H,12,13). The molecule has 3 heteroatoms. The maximum absolute atomic E-state index is 10.4. The molecule has 0 spiro atoms. The third-order valence-electron chi connectivity index (χ3n) is 1.98. The summed E-state index contributed by atoms with van der Waals surface area (Å²) in [7, 11) is 0. The molecule has 0 atom stereocenters. The second-order valence-corrected chi connectivity index (χ2v) is 3.04. The second-order valence-electron chi connectivity index (χ2n) is 3.04. The molecule has 1 rings (SSSR count). The molecule has 1 aromatic rings. The Morgan fingerprint density at radius 2 is 2.23 bits per heavy atom. The van der Waals surface area contributed by atoms with E-state index < -0.39 is 5.97 Å². The van der Waals surface area contributed by atoms with E-state index >= 15 is 0 Å². The fourth-order valence-corrected chi connectivity index (χ4v) is 1.27. The van der Waals surface area contributed by atoms with Crippen LogP contribution in [0.2, 0.25) is 0 Å². The number of nitrogens with two attached hydrogens (primary N) is 1. The van der Waals surface area contributed by atoms with Crippen LogP contribution in [-0.2, 0) is 17.8 Å². The van der Waals surface area contributed by atoms with E-state index in [9.17, 15) is 4.79 Å². The Balaban J connectivity index is 2.89. The van der Waals surface area contributed by atoms with Gasteiger partial charge in [-0.25, -0.2) is 0 Å². The van der Waals surface area contributed by atoms with Crippen molar-refractivity contribution in [3.8, 4) is 0 Å². The fraction of sp³-hybridized carbons (Fsp3) is 0.300. The monoisotopic (exact) mass is 179 g/mol. The molecule has 0 saturated carbocycles. The quantitative estimate of drug-likeness (QED) is 0.729. The van der Waals surface area contributed by atoms with E-state index in [1.165, 1.54) is 0 Å². The Kier molecular flexibility index (Phi) is 3.03. The van der Waals surface area contributed by atoms with Gasteiger partial charge in [0.1, 0.15) is 0 Å². The maximum Gasteiger partial charge on any atom is 0.307 e. The maximum atomic E-state index is 10.4. The summed E-state index contributed by atoms with van der Waals surface area (Å²) >= 11 is 0. The molecule has 1 aromatic carbocycles. The van der Waals surface area contributed by atoms with Gasteiger partial charge in [-0.3, -0.25) is 4.79 Å². The Labute approximate surface area is 77.2 Å². The van der Waals surface area contributed by atoms with Gasteiger partial charge >= 0.3 is 5.97 Å². The molecular formula is C10H13NO2. The van der Waals surface area contributed by atoms with E-state index in [2.05, 4.69) is 0 Å². The van der Waals surface area contributed by atoms with Crippen molar-refractivity contribution in [2.75, 3.05) is 0 Å². The molecule has 0 fully saturated rings. The number of carbonyl (C=O) groups is 1. The Bertz CT molecular complexity index is 321. The normalized spacial score (nSPS) is 10.0. The summed E-state index contributed by atoms with van der Waals surface area (Å²) in [5, 5.41) is 8.56. The van der Waals surface area contributed by atoms with Crippen molar-refractivity contribution in [3.05, 3.63) is 34.9 Å². The summed E-state index contributed by atoms with van der Waals surface area (Å²) in [6.07, 6.45) is 0.0751. The van der Waals surface area contributed by atoms with Crippen molar-refractivity contribution < 1.29 is 9.90 Å². The first kappa shape index (κ1) is 9.74. The van der Waals surface area contributed by atoms with E-state index in [1.54, 1.807) is 0 Å². The molecule has 0 aliphatic rings. The Hall–Kier alpha value is -1.35. The first-order chi connectivity index (χ1) is 6.13. The van der Waals surface area contributed by atoms with E-state index in [4.69, 9.17) is 10.8 Å². The predicted molar refractivity (Wildman–Crippen MR) is 50.4 cm³/mol. The Morgan fingerprint density at radius 1 is 1.54 bits per heavy atom. The Morgan fingerprint density at radius 3 is 2.69 bits per heavy atom. The van der Waals surface area contributed by atoms with Crippen LogP contribution in [0.4, 0.5) is 0 Å². The van der Waals surface area contributed by atoms with Crippen LogP contribution >= 0.6 is 0 Å². The van der Waals surface area contributed by atoms with Crippen LogP contribution < -0.4 is 5.73 Å². The predicted octanol–water partition coefficient (Wildman–Crippen LogP) is 1.08. The van der Waals surface area contributed by atoms with Gasteiger partial charge in [0.25, 0.3) is 0 Å². The molecular weight excluding hydrogens is 166 g/mol. The van der Waals surface area contributed by atoms with E-state index in [0.29, 0.717) is 6.54 Å². The molecule has 0 amide bonds. The van der Waals surface area contributed by atoms with Gasteiger partial charge in [-0.05, 0) is 23.6 Å². The van der Waals surface area contributed by atoms with Gasteiger partial charge in [0.2, 0.25) is 0 Å². The van der Waals surface area contributed by atoms with E-state index in [1.807, 2.05) is 25.1 Å². The van der Waals surface area contributed by atoms with Crippen LogP contribution in [0.3, 0.4) is 0 Å². The summed E-state index contributed by atoms with van der Waals surface area (Å²) in [5.41, 5.74) is 8.43. The van der Waals surface area contributed by atoms with E-state index in [-0.39, 0.29) is 6.42 Å². The molecule has 0 saturated heterocycles. The minimum Gasteiger partial charge on any atom is -0.481 e. The zero-order valence-electron chi connectivity index (χ0n) is 7.58. The number of carboxylic acid groups (broad SMARTS) is 1. The highest BCUT2D eigenvalue weighted by molar-refractivity contribution is 5.70. The number of hydrogen-bond donors (Lipinski definition) is 2. The average molecular weight is 179 g/mol.